The zero-order valence-corrected chi connectivity index (χ0v) is 7.68. The molecule has 1 aromatic rings. The number of aryl methyl sites for hydroxylation is 1. The average Bonchev–Trinajstić information content (AvgIpc) is 1.99. The Hall–Kier alpha value is -1.39. The van der Waals surface area contributed by atoms with E-state index in [0.29, 0.717) is 11.3 Å². The molecule has 0 aliphatic carbocycles. The summed E-state index contributed by atoms with van der Waals surface area (Å²) < 4.78 is 44.1. The Balaban J connectivity index is 2.92. The first-order chi connectivity index (χ1) is 6.40. The second-order valence-corrected chi connectivity index (χ2v) is 2.73. The lowest BCUT2D eigenvalue weighted by molar-refractivity contribution is -0.274. The monoisotopic (exact) mass is 206 g/mol. The van der Waals surface area contributed by atoms with Crippen LogP contribution in [0.5, 0.6) is 11.5 Å². The van der Waals surface area contributed by atoms with Gasteiger partial charge in [-0.15, -0.1) is 13.2 Å². The minimum atomic E-state index is -4.67. The van der Waals surface area contributed by atoms with Crippen molar-refractivity contribution in [2.75, 3.05) is 7.11 Å². The Morgan fingerprint density at radius 3 is 2.14 bits per heavy atom. The predicted molar refractivity (Wildman–Crippen MR) is 44.4 cm³/mol. The summed E-state index contributed by atoms with van der Waals surface area (Å²) in [7, 11) is 1.38. The van der Waals surface area contributed by atoms with Gasteiger partial charge in [-0.2, -0.15) is 0 Å². The molecule has 5 heteroatoms. The summed E-state index contributed by atoms with van der Waals surface area (Å²) in [6, 6.07) is 4.08. The first kappa shape index (κ1) is 10.7. The number of ether oxygens (including phenoxy) is 2. The van der Waals surface area contributed by atoms with Gasteiger partial charge in [0.05, 0.1) is 7.11 Å². The quantitative estimate of drug-likeness (QED) is 0.740. The van der Waals surface area contributed by atoms with E-state index in [1.165, 1.54) is 19.2 Å². The SMILES string of the molecule is COc1cc(C)cc(OC(F)(F)F)c1. The van der Waals surface area contributed by atoms with Crippen LogP contribution in [-0.4, -0.2) is 13.5 Å². The van der Waals surface area contributed by atoms with E-state index in [9.17, 15) is 13.2 Å². The summed E-state index contributed by atoms with van der Waals surface area (Å²) in [5, 5.41) is 0. The van der Waals surface area contributed by atoms with Crippen molar-refractivity contribution in [2.45, 2.75) is 13.3 Å². The minimum absolute atomic E-state index is 0.269. The third-order valence-electron chi connectivity index (χ3n) is 1.49. The smallest absolute Gasteiger partial charge is 0.497 e. The number of hydrogen-bond donors (Lipinski definition) is 0. The second kappa shape index (κ2) is 3.77. The fraction of sp³-hybridized carbons (Fsp3) is 0.333. The van der Waals surface area contributed by atoms with E-state index in [4.69, 9.17) is 4.74 Å². The Bertz CT molecular complexity index is 320. The molecule has 0 atom stereocenters. The van der Waals surface area contributed by atoms with Crippen molar-refractivity contribution in [3.63, 3.8) is 0 Å². The van der Waals surface area contributed by atoms with Crippen LogP contribution in [-0.2, 0) is 0 Å². The van der Waals surface area contributed by atoms with Crippen LogP contribution in [0.1, 0.15) is 5.56 Å². The van der Waals surface area contributed by atoms with Gasteiger partial charge in [-0.05, 0) is 24.6 Å². The Morgan fingerprint density at radius 2 is 1.64 bits per heavy atom. The molecule has 78 valence electrons. The van der Waals surface area contributed by atoms with Crippen LogP contribution in [0.25, 0.3) is 0 Å². The fourth-order valence-electron chi connectivity index (χ4n) is 1.02. The Morgan fingerprint density at radius 1 is 1.07 bits per heavy atom. The molecule has 0 fully saturated rings. The highest BCUT2D eigenvalue weighted by molar-refractivity contribution is 5.37. The van der Waals surface area contributed by atoms with Gasteiger partial charge in [-0.1, -0.05) is 0 Å². The van der Waals surface area contributed by atoms with Crippen LogP contribution >= 0.6 is 0 Å². The molecule has 0 aliphatic heterocycles. The van der Waals surface area contributed by atoms with E-state index in [-0.39, 0.29) is 5.75 Å². The van der Waals surface area contributed by atoms with E-state index in [1.807, 2.05) is 0 Å². The van der Waals surface area contributed by atoms with Crippen molar-refractivity contribution in [1.82, 2.24) is 0 Å². The van der Waals surface area contributed by atoms with Gasteiger partial charge in [-0.3, -0.25) is 0 Å². The maximum absolute atomic E-state index is 11.8. The molecular formula is C9H9F3O2. The summed E-state index contributed by atoms with van der Waals surface area (Å²) in [5.74, 6) is 0.0681. The number of methoxy groups -OCH3 is 1. The Kier molecular flexibility index (Phi) is 2.88. The molecule has 0 saturated heterocycles. The maximum atomic E-state index is 11.8. The van der Waals surface area contributed by atoms with Gasteiger partial charge in [0.1, 0.15) is 11.5 Å². The summed E-state index contributed by atoms with van der Waals surface area (Å²) in [6.45, 7) is 1.66. The van der Waals surface area contributed by atoms with Gasteiger partial charge < -0.3 is 9.47 Å². The highest BCUT2D eigenvalue weighted by Crippen LogP contribution is 2.27. The van der Waals surface area contributed by atoms with Gasteiger partial charge in [0.2, 0.25) is 0 Å². The molecule has 0 aliphatic rings. The first-order valence-electron chi connectivity index (χ1n) is 3.82. The van der Waals surface area contributed by atoms with Gasteiger partial charge >= 0.3 is 6.36 Å². The van der Waals surface area contributed by atoms with Gasteiger partial charge in [0.15, 0.2) is 0 Å². The lowest BCUT2D eigenvalue weighted by Crippen LogP contribution is -2.17. The lowest BCUT2D eigenvalue weighted by Gasteiger charge is -2.10. The Labute approximate surface area is 79.2 Å². The van der Waals surface area contributed by atoms with Crippen LogP contribution in [0, 0.1) is 6.92 Å². The third kappa shape index (κ3) is 3.16. The first-order valence-corrected chi connectivity index (χ1v) is 3.82. The molecule has 0 unspecified atom stereocenters. The molecule has 0 N–H and O–H groups in total. The molecular weight excluding hydrogens is 197 g/mol. The number of halogens is 3. The molecule has 0 bridgehead atoms. The van der Waals surface area contributed by atoms with E-state index < -0.39 is 6.36 Å². The van der Waals surface area contributed by atoms with Crippen LogP contribution in [0.15, 0.2) is 18.2 Å². The van der Waals surface area contributed by atoms with Gasteiger partial charge in [-0.25, -0.2) is 0 Å². The highest BCUT2D eigenvalue weighted by Gasteiger charge is 2.31. The number of alkyl halides is 3. The van der Waals surface area contributed by atoms with Crippen LogP contribution in [0.3, 0.4) is 0 Å². The zero-order valence-electron chi connectivity index (χ0n) is 7.68. The van der Waals surface area contributed by atoms with Crippen molar-refractivity contribution >= 4 is 0 Å². The molecule has 0 aromatic heterocycles. The maximum Gasteiger partial charge on any atom is 0.573 e. The molecule has 0 heterocycles. The number of benzene rings is 1. The number of rotatable bonds is 2. The third-order valence-corrected chi connectivity index (χ3v) is 1.49. The standard InChI is InChI=1S/C9H9F3O2/c1-6-3-7(13-2)5-8(4-6)14-9(10,11)12/h3-5H,1-2H3. The normalized spacial score (nSPS) is 11.2. The summed E-state index contributed by atoms with van der Waals surface area (Å²) in [4.78, 5) is 0. The van der Waals surface area contributed by atoms with Crippen LogP contribution in [0.4, 0.5) is 13.2 Å². The topological polar surface area (TPSA) is 18.5 Å². The molecule has 0 saturated carbocycles. The van der Waals surface area contributed by atoms with Crippen LogP contribution < -0.4 is 9.47 Å². The van der Waals surface area contributed by atoms with Gasteiger partial charge in [0, 0.05) is 6.07 Å². The fourth-order valence-corrected chi connectivity index (χ4v) is 1.02. The van der Waals surface area contributed by atoms with Crippen molar-refractivity contribution in [3.05, 3.63) is 23.8 Å². The average molecular weight is 206 g/mol. The van der Waals surface area contributed by atoms with Crippen molar-refractivity contribution in [3.8, 4) is 11.5 Å². The molecule has 1 rings (SSSR count). The summed E-state index contributed by atoms with van der Waals surface area (Å²) >= 11 is 0. The summed E-state index contributed by atoms with van der Waals surface area (Å²) in [6.07, 6.45) is -4.67. The van der Waals surface area contributed by atoms with Crippen molar-refractivity contribution in [1.29, 1.82) is 0 Å². The van der Waals surface area contributed by atoms with Crippen LogP contribution in [0.2, 0.25) is 0 Å². The van der Waals surface area contributed by atoms with E-state index in [1.54, 1.807) is 13.0 Å². The molecule has 0 spiro atoms. The molecule has 0 radical (unpaired) electrons. The minimum Gasteiger partial charge on any atom is -0.497 e. The van der Waals surface area contributed by atoms with E-state index >= 15 is 0 Å². The molecule has 1 aromatic carbocycles. The summed E-state index contributed by atoms with van der Waals surface area (Å²) in [5.41, 5.74) is 0.642. The van der Waals surface area contributed by atoms with Crippen molar-refractivity contribution in [2.24, 2.45) is 0 Å². The van der Waals surface area contributed by atoms with Gasteiger partial charge in [0.25, 0.3) is 0 Å². The molecule has 2 nitrogen and oxygen atoms in total. The molecule has 14 heavy (non-hydrogen) atoms. The highest BCUT2D eigenvalue weighted by atomic mass is 19.4. The largest absolute Gasteiger partial charge is 0.573 e. The van der Waals surface area contributed by atoms with E-state index in [2.05, 4.69) is 4.74 Å². The second-order valence-electron chi connectivity index (χ2n) is 2.73. The zero-order chi connectivity index (χ0) is 10.8. The molecule has 0 amide bonds. The van der Waals surface area contributed by atoms with E-state index in [0.717, 1.165) is 0 Å². The van der Waals surface area contributed by atoms with Crippen molar-refractivity contribution < 1.29 is 22.6 Å². The predicted octanol–water partition coefficient (Wildman–Crippen LogP) is 2.90. The number of hydrogen-bond acceptors (Lipinski definition) is 2. The lowest BCUT2D eigenvalue weighted by atomic mass is 10.2.